The topological polar surface area (TPSA) is 0 Å². The first-order valence-corrected chi connectivity index (χ1v) is 40.7. The quantitative estimate of drug-likeness (QED) is 0.0455. The maximum Gasteiger partial charge on any atom is -0.00979 e. The maximum atomic E-state index is 4.31. The Morgan fingerprint density at radius 2 is 0.160 bits per heavy atom. The number of hydrogen-bond acceptors (Lipinski definition) is 1. The molecule has 0 nitrogen and oxygen atoms in total. The molecule has 0 bridgehead atoms. The predicted octanol–water partition coefficient (Wildman–Crippen LogP) is 31.4. The van der Waals surface area contributed by atoms with Gasteiger partial charge < -0.3 is 0 Å². The first-order chi connectivity index (χ1) is 40.4. The van der Waals surface area contributed by atoms with E-state index in [1.54, 1.807) is 0 Å². The van der Waals surface area contributed by atoms with Crippen molar-refractivity contribution < 1.29 is 0 Å². The zero-order chi connectivity index (χ0) is 57.9. The van der Waals surface area contributed by atoms with Crippen LogP contribution in [0.3, 0.4) is 0 Å². The van der Waals surface area contributed by atoms with Gasteiger partial charge in [0.2, 0.25) is 0 Å². The van der Waals surface area contributed by atoms with Crippen LogP contribution >= 0.6 is 12.6 Å². The lowest BCUT2D eigenvalue weighted by Gasteiger charge is -2.05. The van der Waals surface area contributed by atoms with Gasteiger partial charge >= 0.3 is 0 Å². The van der Waals surface area contributed by atoms with Crippen molar-refractivity contribution >= 4 is 12.6 Å². The van der Waals surface area contributed by atoms with E-state index >= 15 is 0 Å². The maximum absolute atomic E-state index is 4.31. The molecule has 0 aliphatic carbocycles. The van der Waals surface area contributed by atoms with Crippen molar-refractivity contribution in [3.63, 3.8) is 0 Å². The van der Waals surface area contributed by atoms with E-state index < -0.39 is 0 Å². The van der Waals surface area contributed by atoms with Gasteiger partial charge in [0, 0.05) is 0 Å². The van der Waals surface area contributed by atoms with Gasteiger partial charge in [0.15, 0.2) is 0 Å². The first kappa shape index (κ1) is 81.3. The molecule has 0 aromatic carbocycles. The molecule has 0 unspecified atom stereocenters. The molecular formula is C80H162S. The van der Waals surface area contributed by atoms with E-state index in [1.807, 2.05) is 0 Å². The van der Waals surface area contributed by atoms with Crippen LogP contribution < -0.4 is 0 Å². The van der Waals surface area contributed by atoms with Crippen LogP contribution in [0.25, 0.3) is 0 Å². The van der Waals surface area contributed by atoms with E-state index in [9.17, 15) is 0 Å². The monoisotopic (exact) mass is 1160 g/mol. The SMILES string of the molecule is CCCCCCCCCCCCCCCCCCCCCCCCCCCCCCCCCCCCCCCCCCCCCCCCCCCCCCCCCCCCCCCCCCCCCCCCCCCCCCCCS. The molecule has 0 saturated carbocycles. The Hall–Kier alpha value is 0.350. The molecule has 0 atom stereocenters. The van der Waals surface area contributed by atoms with Crippen molar-refractivity contribution in [1.29, 1.82) is 0 Å². The largest absolute Gasteiger partial charge is 0.179 e. The van der Waals surface area contributed by atoms with Gasteiger partial charge in [0.1, 0.15) is 0 Å². The van der Waals surface area contributed by atoms with Gasteiger partial charge in [-0.3, -0.25) is 0 Å². The molecule has 0 spiro atoms. The second kappa shape index (κ2) is 80.3. The van der Waals surface area contributed by atoms with Gasteiger partial charge in [-0.25, -0.2) is 0 Å². The molecular weight excluding hydrogens is 993 g/mol. The van der Waals surface area contributed by atoms with Gasteiger partial charge in [-0.2, -0.15) is 12.6 Å². The normalized spacial score (nSPS) is 11.8. The number of thiol groups is 1. The molecule has 0 fully saturated rings. The molecule has 81 heavy (non-hydrogen) atoms. The van der Waals surface area contributed by atoms with E-state index in [4.69, 9.17) is 0 Å². The molecule has 0 aromatic rings. The number of rotatable bonds is 78. The highest BCUT2D eigenvalue weighted by atomic mass is 32.1. The van der Waals surface area contributed by atoms with E-state index in [2.05, 4.69) is 19.6 Å². The summed E-state index contributed by atoms with van der Waals surface area (Å²) >= 11 is 4.31. The highest BCUT2D eigenvalue weighted by molar-refractivity contribution is 7.80. The van der Waals surface area contributed by atoms with Gasteiger partial charge in [0.25, 0.3) is 0 Å². The molecule has 0 aromatic heterocycles. The average molecular weight is 1160 g/mol. The van der Waals surface area contributed by atoms with Gasteiger partial charge in [-0.15, -0.1) is 0 Å². The Bertz CT molecular complexity index is 926. The van der Waals surface area contributed by atoms with Crippen LogP contribution in [0.15, 0.2) is 0 Å². The van der Waals surface area contributed by atoms with Crippen LogP contribution in [0.5, 0.6) is 0 Å². The Kier molecular flexibility index (Phi) is 80.7. The Morgan fingerprint density at radius 3 is 0.222 bits per heavy atom. The molecule has 1 heteroatoms. The van der Waals surface area contributed by atoms with Gasteiger partial charge in [-0.05, 0) is 12.2 Å². The standard InChI is InChI=1S/C80H162S/c1-2-3-4-5-6-7-8-9-10-11-12-13-14-15-16-17-18-19-20-21-22-23-24-25-26-27-28-29-30-31-32-33-34-35-36-37-38-39-40-41-42-43-44-45-46-47-48-49-50-51-52-53-54-55-56-57-58-59-60-61-62-63-64-65-66-67-68-69-70-71-72-73-74-75-76-77-78-79-80-81/h81H,2-80H2,1H3. The lowest BCUT2D eigenvalue weighted by molar-refractivity contribution is 0.506. The van der Waals surface area contributed by atoms with Crippen molar-refractivity contribution in [2.24, 2.45) is 0 Å². The van der Waals surface area contributed by atoms with E-state index in [-0.39, 0.29) is 0 Å². The lowest BCUT2D eigenvalue weighted by atomic mass is 10.0. The molecule has 488 valence electrons. The summed E-state index contributed by atoms with van der Waals surface area (Å²) in [4.78, 5) is 0. The highest BCUT2D eigenvalue weighted by Gasteiger charge is 2.02. The van der Waals surface area contributed by atoms with Crippen molar-refractivity contribution in [3.8, 4) is 0 Å². The summed E-state index contributed by atoms with van der Waals surface area (Å²) < 4.78 is 0. The summed E-state index contributed by atoms with van der Waals surface area (Å²) in [7, 11) is 0. The third kappa shape index (κ3) is 80.3. The molecule has 0 radical (unpaired) electrons. The van der Waals surface area contributed by atoms with Crippen LogP contribution in [-0.4, -0.2) is 5.75 Å². The van der Waals surface area contributed by atoms with Crippen molar-refractivity contribution in [3.05, 3.63) is 0 Å². The summed E-state index contributed by atoms with van der Waals surface area (Å²) in [5, 5.41) is 0. The van der Waals surface area contributed by atoms with Crippen LogP contribution in [0.4, 0.5) is 0 Å². The first-order valence-electron chi connectivity index (χ1n) is 40.0. The fraction of sp³-hybridized carbons (Fsp3) is 1.00. The molecule has 0 aliphatic heterocycles. The molecule has 0 heterocycles. The van der Waals surface area contributed by atoms with Crippen LogP contribution in [0.1, 0.15) is 508 Å². The molecule has 0 amide bonds. The average Bonchev–Trinajstić information content (AvgIpc) is 3.48. The summed E-state index contributed by atoms with van der Waals surface area (Å²) in [6, 6.07) is 0. The van der Waals surface area contributed by atoms with Crippen molar-refractivity contribution in [2.45, 2.75) is 508 Å². The highest BCUT2D eigenvalue weighted by Crippen LogP contribution is 2.22. The van der Waals surface area contributed by atoms with Crippen LogP contribution in [-0.2, 0) is 0 Å². The fourth-order valence-electron chi connectivity index (χ4n) is 13.6. The summed E-state index contributed by atoms with van der Waals surface area (Å²) in [6.07, 6.45) is 116. The minimum atomic E-state index is 1.07. The third-order valence-electron chi connectivity index (χ3n) is 19.5. The second-order valence-electron chi connectivity index (χ2n) is 27.9. The minimum Gasteiger partial charge on any atom is -0.179 e. The van der Waals surface area contributed by atoms with Gasteiger partial charge in [-0.1, -0.05) is 501 Å². The van der Waals surface area contributed by atoms with E-state index in [0.29, 0.717) is 0 Å². The van der Waals surface area contributed by atoms with E-state index in [0.717, 1.165) is 5.75 Å². The molecule has 0 aliphatic rings. The number of unbranched alkanes of at least 4 members (excludes halogenated alkanes) is 77. The fourth-order valence-corrected chi connectivity index (χ4v) is 13.8. The summed E-state index contributed by atoms with van der Waals surface area (Å²) in [5.74, 6) is 1.07. The van der Waals surface area contributed by atoms with Crippen molar-refractivity contribution in [1.82, 2.24) is 0 Å². The number of hydrogen-bond donors (Lipinski definition) is 1. The Morgan fingerprint density at radius 1 is 0.0988 bits per heavy atom. The van der Waals surface area contributed by atoms with Crippen LogP contribution in [0.2, 0.25) is 0 Å². The van der Waals surface area contributed by atoms with Gasteiger partial charge in [0.05, 0.1) is 0 Å². The Labute approximate surface area is 523 Å². The zero-order valence-corrected chi connectivity index (χ0v) is 58.2. The zero-order valence-electron chi connectivity index (χ0n) is 57.3. The molecule has 0 saturated heterocycles. The second-order valence-corrected chi connectivity index (χ2v) is 28.4. The molecule has 0 N–H and O–H groups in total. The Balaban J connectivity index is 3.08. The van der Waals surface area contributed by atoms with Crippen LogP contribution in [0, 0.1) is 0 Å². The van der Waals surface area contributed by atoms with Crippen molar-refractivity contribution in [2.75, 3.05) is 5.75 Å². The summed E-state index contributed by atoms with van der Waals surface area (Å²) in [5.41, 5.74) is 0. The smallest absolute Gasteiger partial charge is 0.00979 e. The molecule has 0 rings (SSSR count). The lowest BCUT2D eigenvalue weighted by Crippen LogP contribution is -1.85. The minimum absolute atomic E-state index is 1.07. The third-order valence-corrected chi connectivity index (χ3v) is 19.8. The van der Waals surface area contributed by atoms with E-state index in [1.165, 1.54) is 501 Å². The predicted molar refractivity (Wildman–Crippen MR) is 380 cm³/mol. The summed E-state index contributed by atoms with van der Waals surface area (Å²) in [6.45, 7) is 2.32.